The van der Waals surface area contributed by atoms with Gasteiger partial charge in [-0.2, -0.15) is 14.7 Å². The van der Waals surface area contributed by atoms with Crippen molar-refractivity contribution < 1.29 is 4.79 Å². The third-order valence-electron chi connectivity index (χ3n) is 5.73. The number of aryl methyl sites for hydroxylation is 2. The molecule has 1 amide bonds. The van der Waals surface area contributed by atoms with Gasteiger partial charge in [-0.25, -0.2) is 0 Å². The Kier molecular flexibility index (Phi) is 4.50. The third kappa shape index (κ3) is 3.12. The molecule has 1 saturated heterocycles. The predicted molar refractivity (Wildman–Crippen MR) is 110 cm³/mol. The Bertz CT molecular complexity index is 1180. The van der Waals surface area contributed by atoms with Gasteiger partial charge in [-0.15, -0.1) is 10.2 Å². The van der Waals surface area contributed by atoms with Gasteiger partial charge in [0.1, 0.15) is 0 Å². The fraction of sp³-hybridized carbons (Fsp3) is 0.333. The van der Waals surface area contributed by atoms with E-state index in [0.29, 0.717) is 18.7 Å². The highest BCUT2D eigenvalue weighted by Crippen LogP contribution is 2.28. The standard InChI is InChI=1S/C21H22N8O/c1-13-19(14(2)24-23-13)21(30)28-10-7-15(8-11-28)20-26-25-18-6-5-17(27-29(18)20)16-4-3-9-22-12-16/h3-6,9,12,15H,7-8,10-11H2,1-2H3,(H,23,24). The fourth-order valence-electron chi connectivity index (χ4n) is 4.09. The van der Waals surface area contributed by atoms with Crippen molar-refractivity contribution in [2.45, 2.75) is 32.6 Å². The number of hydrogen-bond donors (Lipinski definition) is 1. The average Bonchev–Trinajstić information content (AvgIpc) is 3.36. The molecule has 30 heavy (non-hydrogen) atoms. The van der Waals surface area contributed by atoms with Crippen LogP contribution in [0.25, 0.3) is 16.9 Å². The minimum Gasteiger partial charge on any atom is -0.338 e. The van der Waals surface area contributed by atoms with Crippen LogP contribution in [0.1, 0.15) is 46.3 Å². The van der Waals surface area contributed by atoms with Crippen molar-refractivity contribution in [3.8, 4) is 11.3 Å². The van der Waals surface area contributed by atoms with Gasteiger partial charge >= 0.3 is 0 Å². The maximum atomic E-state index is 12.9. The smallest absolute Gasteiger partial charge is 0.257 e. The first kappa shape index (κ1) is 18.4. The summed E-state index contributed by atoms with van der Waals surface area (Å²) in [6.07, 6.45) is 5.18. The van der Waals surface area contributed by atoms with Crippen molar-refractivity contribution in [2.24, 2.45) is 0 Å². The van der Waals surface area contributed by atoms with E-state index in [-0.39, 0.29) is 11.8 Å². The van der Waals surface area contributed by atoms with E-state index in [9.17, 15) is 4.79 Å². The largest absolute Gasteiger partial charge is 0.338 e. The van der Waals surface area contributed by atoms with Crippen LogP contribution in [-0.4, -0.2) is 58.9 Å². The SMILES string of the molecule is Cc1n[nH]c(C)c1C(=O)N1CCC(c2nnc3ccc(-c4cccnc4)nn23)CC1. The molecule has 0 saturated carbocycles. The van der Waals surface area contributed by atoms with E-state index in [4.69, 9.17) is 5.10 Å². The third-order valence-corrected chi connectivity index (χ3v) is 5.73. The minimum atomic E-state index is 0.0419. The van der Waals surface area contributed by atoms with Crippen LogP contribution in [0.15, 0.2) is 36.7 Å². The molecule has 1 aliphatic heterocycles. The predicted octanol–water partition coefficient (Wildman–Crippen LogP) is 2.55. The highest BCUT2D eigenvalue weighted by atomic mass is 16.2. The lowest BCUT2D eigenvalue weighted by molar-refractivity contribution is 0.0709. The number of hydrogen-bond acceptors (Lipinski definition) is 6. The zero-order valence-electron chi connectivity index (χ0n) is 16.9. The average molecular weight is 402 g/mol. The highest BCUT2D eigenvalue weighted by molar-refractivity contribution is 5.96. The van der Waals surface area contributed by atoms with Crippen LogP contribution < -0.4 is 0 Å². The van der Waals surface area contributed by atoms with Gasteiger partial charge in [0.05, 0.1) is 17.0 Å². The molecular weight excluding hydrogens is 380 g/mol. The number of piperidine rings is 1. The molecule has 0 atom stereocenters. The number of nitrogens with one attached hydrogen (secondary N) is 1. The van der Waals surface area contributed by atoms with E-state index in [1.807, 2.05) is 47.5 Å². The Morgan fingerprint density at radius 2 is 1.97 bits per heavy atom. The molecule has 0 spiro atoms. The van der Waals surface area contributed by atoms with Crippen LogP contribution in [-0.2, 0) is 0 Å². The summed E-state index contributed by atoms with van der Waals surface area (Å²) in [7, 11) is 0. The number of amides is 1. The summed E-state index contributed by atoms with van der Waals surface area (Å²) in [6, 6.07) is 7.73. The molecular formula is C21H22N8O. The molecule has 9 nitrogen and oxygen atoms in total. The molecule has 9 heteroatoms. The number of likely N-dealkylation sites (tertiary alicyclic amines) is 1. The van der Waals surface area contributed by atoms with Crippen LogP contribution in [0.2, 0.25) is 0 Å². The van der Waals surface area contributed by atoms with Gasteiger partial charge in [-0.05, 0) is 51.0 Å². The molecule has 0 radical (unpaired) electrons. The lowest BCUT2D eigenvalue weighted by Gasteiger charge is -2.31. The molecule has 4 aromatic heterocycles. The molecule has 5 rings (SSSR count). The van der Waals surface area contributed by atoms with Gasteiger partial charge < -0.3 is 4.90 Å². The fourth-order valence-corrected chi connectivity index (χ4v) is 4.09. The molecule has 152 valence electrons. The van der Waals surface area contributed by atoms with Crippen molar-refractivity contribution in [1.29, 1.82) is 0 Å². The number of aromatic nitrogens is 7. The van der Waals surface area contributed by atoms with E-state index in [0.717, 1.165) is 47.0 Å². The van der Waals surface area contributed by atoms with Gasteiger partial charge in [0, 0.05) is 42.7 Å². The molecule has 1 N–H and O–H groups in total. The number of fused-ring (bicyclic) bond motifs is 1. The first-order valence-corrected chi connectivity index (χ1v) is 10.1. The normalized spacial score (nSPS) is 15.1. The second-order valence-electron chi connectivity index (χ2n) is 7.66. The van der Waals surface area contributed by atoms with Crippen molar-refractivity contribution in [3.63, 3.8) is 0 Å². The molecule has 0 unspecified atom stereocenters. The van der Waals surface area contributed by atoms with Crippen LogP contribution in [0.3, 0.4) is 0 Å². The quantitative estimate of drug-likeness (QED) is 0.565. The Labute approximate surface area is 173 Å². The van der Waals surface area contributed by atoms with Crippen molar-refractivity contribution in [2.75, 3.05) is 13.1 Å². The van der Waals surface area contributed by atoms with Gasteiger partial charge in [-0.1, -0.05) is 0 Å². The van der Waals surface area contributed by atoms with Gasteiger partial charge in [0.2, 0.25) is 0 Å². The number of nitrogens with zero attached hydrogens (tertiary/aromatic N) is 7. The van der Waals surface area contributed by atoms with Crippen LogP contribution in [0.5, 0.6) is 0 Å². The number of H-pyrrole nitrogens is 1. The van der Waals surface area contributed by atoms with E-state index < -0.39 is 0 Å². The van der Waals surface area contributed by atoms with Crippen molar-refractivity contribution >= 4 is 11.6 Å². The molecule has 0 aliphatic carbocycles. The molecule has 4 aromatic rings. The Hall–Kier alpha value is -3.62. The molecule has 1 fully saturated rings. The Morgan fingerprint density at radius 1 is 1.13 bits per heavy atom. The second kappa shape index (κ2) is 7.33. The maximum Gasteiger partial charge on any atom is 0.257 e. The van der Waals surface area contributed by atoms with E-state index in [1.54, 1.807) is 12.4 Å². The minimum absolute atomic E-state index is 0.0419. The monoisotopic (exact) mass is 402 g/mol. The summed E-state index contributed by atoms with van der Waals surface area (Å²) in [5, 5.41) is 20.5. The van der Waals surface area contributed by atoms with Gasteiger partial charge in [0.15, 0.2) is 11.5 Å². The summed E-state index contributed by atoms with van der Waals surface area (Å²) in [6.45, 7) is 5.08. The topological polar surface area (TPSA) is 105 Å². The zero-order valence-corrected chi connectivity index (χ0v) is 16.9. The number of pyridine rings is 1. The first-order chi connectivity index (χ1) is 14.6. The second-order valence-corrected chi connectivity index (χ2v) is 7.66. The number of rotatable bonds is 3. The Morgan fingerprint density at radius 3 is 2.67 bits per heavy atom. The molecule has 0 bridgehead atoms. The summed E-state index contributed by atoms with van der Waals surface area (Å²) < 4.78 is 1.83. The van der Waals surface area contributed by atoms with Gasteiger partial charge in [-0.3, -0.25) is 14.9 Å². The lowest BCUT2D eigenvalue weighted by Crippen LogP contribution is -2.38. The molecule has 0 aromatic carbocycles. The maximum absolute atomic E-state index is 12.9. The van der Waals surface area contributed by atoms with Crippen LogP contribution >= 0.6 is 0 Å². The van der Waals surface area contributed by atoms with Gasteiger partial charge in [0.25, 0.3) is 5.91 Å². The number of aromatic amines is 1. The summed E-state index contributed by atoms with van der Waals surface area (Å²) in [4.78, 5) is 19.0. The van der Waals surface area contributed by atoms with Crippen LogP contribution in [0.4, 0.5) is 0 Å². The first-order valence-electron chi connectivity index (χ1n) is 10.1. The van der Waals surface area contributed by atoms with Crippen molar-refractivity contribution in [3.05, 3.63) is 59.4 Å². The number of carbonyl (C=O) groups is 1. The Balaban J connectivity index is 1.37. The summed E-state index contributed by atoms with van der Waals surface area (Å²) in [5.74, 6) is 1.09. The van der Waals surface area contributed by atoms with Crippen LogP contribution in [0, 0.1) is 13.8 Å². The van der Waals surface area contributed by atoms with Crippen molar-refractivity contribution in [1.82, 2.24) is 39.9 Å². The van der Waals surface area contributed by atoms with E-state index in [2.05, 4.69) is 25.4 Å². The lowest BCUT2D eigenvalue weighted by atomic mass is 9.95. The zero-order chi connectivity index (χ0) is 20.7. The highest BCUT2D eigenvalue weighted by Gasteiger charge is 2.29. The molecule has 5 heterocycles. The summed E-state index contributed by atoms with van der Waals surface area (Å²) in [5.41, 5.74) is 4.75. The number of carbonyl (C=O) groups excluding carboxylic acids is 1. The summed E-state index contributed by atoms with van der Waals surface area (Å²) >= 11 is 0. The van der Waals surface area contributed by atoms with E-state index in [1.165, 1.54) is 0 Å². The van der Waals surface area contributed by atoms with E-state index >= 15 is 0 Å². The molecule has 1 aliphatic rings.